The largest absolute Gasteiger partial charge is 0.379 e. The molecule has 2 aromatic heterocycles. The SMILES string of the molecule is Fc1ccc(C(CNc2ncnc3[nH]ccc23)N2CCOCC2)cc1. The minimum atomic E-state index is -0.220. The predicted molar refractivity (Wildman–Crippen MR) is 93.9 cm³/mol. The quantitative estimate of drug-likeness (QED) is 0.747. The average molecular weight is 341 g/mol. The van der Waals surface area contributed by atoms with Crippen molar-refractivity contribution in [3.05, 3.63) is 54.2 Å². The number of ether oxygens (including phenoxy) is 1. The van der Waals surface area contributed by atoms with Crippen molar-refractivity contribution < 1.29 is 9.13 Å². The third-order valence-electron chi connectivity index (χ3n) is 4.56. The molecule has 1 aliphatic heterocycles. The summed E-state index contributed by atoms with van der Waals surface area (Å²) in [7, 11) is 0. The molecule has 0 spiro atoms. The summed E-state index contributed by atoms with van der Waals surface area (Å²) < 4.78 is 18.8. The summed E-state index contributed by atoms with van der Waals surface area (Å²) in [6.45, 7) is 3.81. The highest BCUT2D eigenvalue weighted by Gasteiger charge is 2.23. The fourth-order valence-corrected chi connectivity index (χ4v) is 3.24. The molecule has 0 amide bonds. The zero-order valence-corrected chi connectivity index (χ0v) is 13.8. The van der Waals surface area contributed by atoms with E-state index >= 15 is 0 Å². The van der Waals surface area contributed by atoms with Gasteiger partial charge in [-0.2, -0.15) is 0 Å². The number of hydrogen-bond acceptors (Lipinski definition) is 5. The van der Waals surface area contributed by atoms with Gasteiger partial charge in [-0.1, -0.05) is 12.1 Å². The lowest BCUT2D eigenvalue weighted by Crippen LogP contribution is -2.41. The molecule has 0 saturated carbocycles. The maximum Gasteiger partial charge on any atom is 0.142 e. The van der Waals surface area contributed by atoms with Crippen molar-refractivity contribution in [2.45, 2.75) is 6.04 Å². The van der Waals surface area contributed by atoms with Crippen LogP contribution in [0.5, 0.6) is 0 Å². The molecule has 1 unspecified atom stereocenters. The van der Waals surface area contributed by atoms with Gasteiger partial charge in [0.1, 0.15) is 23.6 Å². The number of nitrogens with zero attached hydrogens (tertiary/aromatic N) is 3. The molecule has 7 heteroatoms. The van der Waals surface area contributed by atoms with Gasteiger partial charge in [0.25, 0.3) is 0 Å². The second-order valence-corrected chi connectivity index (χ2v) is 6.06. The number of benzene rings is 1. The second-order valence-electron chi connectivity index (χ2n) is 6.06. The molecule has 4 rings (SSSR count). The zero-order valence-electron chi connectivity index (χ0n) is 13.8. The van der Waals surface area contributed by atoms with Crippen LogP contribution in [0.2, 0.25) is 0 Å². The standard InChI is InChI=1S/C18H20FN5O/c19-14-3-1-13(2-4-14)16(24-7-9-25-10-8-24)11-21-18-15-5-6-20-17(15)22-12-23-18/h1-6,12,16H,7-11H2,(H2,20,21,22,23). The van der Waals surface area contributed by atoms with E-state index < -0.39 is 0 Å². The lowest BCUT2D eigenvalue weighted by Gasteiger charge is -2.35. The zero-order chi connectivity index (χ0) is 17.1. The first-order valence-electron chi connectivity index (χ1n) is 8.40. The molecule has 3 aromatic rings. The molecule has 0 radical (unpaired) electrons. The number of rotatable bonds is 5. The number of morpholine rings is 1. The van der Waals surface area contributed by atoms with Crippen LogP contribution in [0.15, 0.2) is 42.9 Å². The Morgan fingerprint density at radius 3 is 2.76 bits per heavy atom. The Balaban J connectivity index is 1.57. The summed E-state index contributed by atoms with van der Waals surface area (Å²) in [5, 5.41) is 4.40. The third kappa shape index (κ3) is 3.47. The van der Waals surface area contributed by atoms with Crippen molar-refractivity contribution in [1.29, 1.82) is 0 Å². The molecule has 1 saturated heterocycles. The van der Waals surface area contributed by atoms with Crippen LogP contribution in [-0.4, -0.2) is 52.7 Å². The summed E-state index contributed by atoms with van der Waals surface area (Å²) in [5.41, 5.74) is 1.89. The number of H-pyrrole nitrogens is 1. The highest BCUT2D eigenvalue weighted by molar-refractivity contribution is 5.86. The van der Waals surface area contributed by atoms with Gasteiger partial charge in [-0.15, -0.1) is 0 Å². The molecule has 1 aliphatic rings. The van der Waals surface area contributed by atoms with Crippen LogP contribution in [0, 0.1) is 5.82 Å². The van der Waals surface area contributed by atoms with Crippen LogP contribution >= 0.6 is 0 Å². The lowest BCUT2D eigenvalue weighted by molar-refractivity contribution is 0.0187. The van der Waals surface area contributed by atoms with E-state index in [4.69, 9.17) is 4.74 Å². The Bertz CT molecular complexity index is 829. The van der Waals surface area contributed by atoms with Crippen molar-refractivity contribution in [3.63, 3.8) is 0 Å². The first kappa shape index (κ1) is 16.0. The van der Waals surface area contributed by atoms with Crippen LogP contribution in [-0.2, 0) is 4.74 Å². The van der Waals surface area contributed by atoms with Crippen molar-refractivity contribution >= 4 is 16.9 Å². The fourth-order valence-electron chi connectivity index (χ4n) is 3.24. The van der Waals surface area contributed by atoms with Crippen molar-refractivity contribution in [3.8, 4) is 0 Å². The van der Waals surface area contributed by atoms with Gasteiger partial charge in [0.15, 0.2) is 0 Å². The number of halogens is 1. The van der Waals surface area contributed by atoms with E-state index in [-0.39, 0.29) is 11.9 Å². The summed E-state index contributed by atoms with van der Waals surface area (Å²) in [5.74, 6) is 0.578. The van der Waals surface area contributed by atoms with Gasteiger partial charge in [-0.05, 0) is 23.8 Å². The summed E-state index contributed by atoms with van der Waals surface area (Å²) in [6, 6.07) is 8.80. The van der Waals surface area contributed by atoms with Crippen LogP contribution < -0.4 is 5.32 Å². The molecule has 2 N–H and O–H groups in total. The molecule has 1 aromatic carbocycles. The van der Waals surface area contributed by atoms with Crippen molar-refractivity contribution in [2.75, 3.05) is 38.2 Å². The van der Waals surface area contributed by atoms with Gasteiger partial charge in [0.2, 0.25) is 0 Å². The molecule has 6 nitrogen and oxygen atoms in total. The number of nitrogens with one attached hydrogen (secondary N) is 2. The molecular formula is C18H20FN5O. The van der Waals surface area contributed by atoms with Gasteiger partial charge >= 0.3 is 0 Å². The molecular weight excluding hydrogens is 321 g/mol. The van der Waals surface area contributed by atoms with E-state index in [9.17, 15) is 4.39 Å². The first-order valence-corrected chi connectivity index (χ1v) is 8.40. The topological polar surface area (TPSA) is 66.1 Å². The molecule has 0 aliphatic carbocycles. The van der Waals surface area contributed by atoms with E-state index in [1.807, 2.05) is 24.4 Å². The van der Waals surface area contributed by atoms with Gasteiger partial charge in [0, 0.05) is 25.8 Å². The van der Waals surface area contributed by atoms with Crippen molar-refractivity contribution in [1.82, 2.24) is 19.9 Å². The Morgan fingerprint density at radius 1 is 1.16 bits per heavy atom. The molecule has 0 bridgehead atoms. The molecule has 130 valence electrons. The highest BCUT2D eigenvalue weighted by atomic mass is 19.1. The van der Waals surface area contributed by atoms with E-state index in [1.54, 1.807) is 6.33 Å². The monoisotopic (exact) mass is 341 g/mol. The average Bonchev–Trinajstić information content (AvgIpc) is 3.14. The summed E-state index contributed by atoms with van der Waals surface area (Å²) in [6.07, 6.45) is 3.40. The normalized spacial score (nSPS) is 16.8. The maximum absolute atomic E-state index is 13.3. The Morgan fingerprint density at radius 2 is 1.96 bits per heavy atom. The fraction of sp³-hybridized carbons (Fsp3) is 0.333. The molecule has 25 heavy (non-hydrogen) atoms. The van der Waals surface area contributed by atoms with Crippen LogP contribution in [0.1, 0.15) is 11.6 Å². The third-order valence-corrected chi connectivity index (χ3v) is 4.56. The molecule has 1 fully saturated rings. The van der Waals surface area contributed by atoms with Gasteiger partial charge in [0.05, 0.1) is 24.6 Å². The smallest absolute Gasteiger partial charge is 0.142 e. The lowest BCUT2D eigenvalue weighted by atomic mass is 10.0. The van der Waals surface area contributed by atoms with Crippen LogP contribution in [0.4, 0.5) is 10.2 Å². The van der Waals surface area contributed by atoms with Crippen molar-refractivity contribution in [2.24, 2.45) is 0 Å². The van der Waals surface area contributed by atoms with E-state index in [1.165, 1.54) is 12.1 Å². The molecule has 1 atom stereocenters. The number of fused-ring (bicyclic) bond motifs is 1. The minimum Gasteiger partial charge on any atom is -0.379 e. The first-order chi connectivity index (χ1) is 12.3. The number of hydrogen-bond donors (Lipinski definition) is 2. The van der Waals surface area contributed by atoms with E-state index in [0.29, 0.717) is 19.8 Å². The minimum absolute atomic E-state index is 0.119. The Hall–Kier alpha value is -2.51. The molecule has 3 heterocycles. The van der Waals surface area contributed by atoms with Crippen LogP contribution in [0.3, 0.4) is 0 Å². The number of anilines is 1. The van der Waals surface area contributed by atoms with E-state index in [0.717, 1.165) is 35.5 Å². The second kappa shape index (κ2) is 7.16. The summed E-state index contributed by atoms with van der Waals surface area (Å²) in [4.78, 5) is 14.0. The number of aromatic amines is 1. The van der Waals surface area contributed by atoms with E-state index in [2.05, 4.69) is 25.2 Å². The Labute approximate surface area is 145 Å². The van der Waals surface area contributed by atoms with Crippen LogP contribution in [0.25, 0.3) is 11.0 Å². The predicted octanol–water partition coefficient (Wildman–Crippen LogP) is 2.58. The summed E-state index contributed by atoms with van der Waals surface area (Å²) >= 11 is 0. The van der Waals surface area contributed by atoms with Gasteiger partial charge < -0.3 is 15.0 Å². The van der Waals surface area contributed by atoms with Gasteiger partial charge in [-0.25, -0.2) is 14.4 Å². The van der Waals surface area contributed by atoms with Gasteiger partial charge in [-0.3, -0.25) is 4.90 Å². The maximum atomic E-state index is 13.3. The number of aromatic nitrogens is 3. The highest BCUT2D eigenvalue weighted by Crippen LogP contribution is 2.24. The Kier molecular flexibility index (Phi) is 4.58.